The van der Waals surface area contributed by atoms with E-state index in [1.165, 1.54) is 43.6 Å². The zero-order chi connectivity index (χ0) is 11.4. The smallest absolute Gasteiger partial charge is 0.109 e. The Kier molecular flexibility index (Phi) is 3.99. The molecule has 0 amide bonds. The quantitative estimate of drug-likeness (QED) is 0.821. The minimum absolute atomic E-state index is 0.671. The van der Waals surface area contributed by atoms with Gasteiger partial charge in [-0.3, -0.25) is 0 Å². The molecule has 1 aliphatic rings. The van der Waals surface area contributed by atoms with Crippen LogP contribution in [0, 0.1) is 5.92 Å². The molecule has 0 aromatic carbocycles. The highest BCUT2D eigenvalue weighted by molar-refractivity contribution is 5.06. The molecule has 2 atom stereocenters. The van der Waals surface area contributed by atoms with Crippen molar-refractivity contribution < 1.29 is 0 Å². The fourth-order valence-corrected chi connectivity index (χ4v) is 2.77. The maximum atomic E-state index is 4.53. The Hall–Kier alpha value is -0.830. The molecule has 1 heterocycles. The first-order valence-electron chi connectivity index (χ1n) is 6.51. The minimum Gasteiger partial charge on any atom is -0.345 e. The highest BCUT2D eigenvalue weighted by Crippen LogP contribution is 2.36. The summed E-state index contributed by atoms with van der Waals surface area (Å²) in [7, 11) is 1.97. The van der Waals surface area contributed by atoms with E-state index in [0.29, 0.717) is 5.92 Å². The summed E-state index contributed by atoms with van der Waals surface area (Å²) in [5.74, 6) is 2.80. The highest BCUT2D eigenvalue weighted by Gasteiger charge is 2.23. The predicted octanol–water partition coefficient (Wildman–Crippen LogP) is 2.81. The lowest BCUT2D eigenvalue weighted by Crippen LogP contribution is -2.14. The lowest BCUT2D eigenvalue weighted by molar-refractivity contribution is 0.308. The van der Waals surface area contributed by atoms with Crippen molar-refractivity contribution in [1.29, 1.82) is 0 Å². The number of aromatic nitrogens is 2. The molecule has 0 aliphatic heterocycles. The van der Waals surface area contributed by atoms with E-state index in [0.717, 1.165) is 12.5 Å². The molecule has 1 aromatic heterocycles. The Morgan fingerprint density at radius 2 is 2.38 bits per heavy atom. The number of hydrogen-bond acceptors (Lipinski definition) is 2. The number of imidazole rings is 1. The molecule has 0 bridgehead atoms. The molecule has 2 rings (SSSR count). The lowest BCUT2D eigenvalue weighted by atomic mass is 9.80. The van der Waals surface area contributed by atoms with E-state index in [4.69, 9.17) is 0 Å². The molecule has 3 heteroatoms. The summed E-state index contributed by atoms with van der Waals surface area (Å²) < 4.78 is 0. The maximum Gasteiger partial charge on any atom is 0.109 e. The van der Waals surface area contributed by atoms with Gasteiger partial charge in [0.2, 0.25) is 0 Å². The van der Waals surface area contributed by atoms with E-state index in [1.54, 1.807) is 0 Å². The third-order valence-electron chi connectivity index (χ3n) is 3.76. The highest BCUT2D eigenvalue weighted by atomic mass is 15.0. The average Bonchev–Trinajstić information content (AvgIpc) is 2.78. The van der Waals surface area contributed by atoms with E-state index >= 15 is 0 Å². The van der Waals surface area contributed by atoms with Crippen LogP contribution in [0.4, 0.5) is 0 Å². The van der Waals surface area contributed by atoms with Crippen LogP contribution in [0.2, 0.25) is 0 Å². The molecule has 1 aliphatic carbocycles. The fraction of sp³-hybridized carbons (Fsp3) is 0.769. The van der Waals surface area contributed by atoms with Crippen molar-refractivity contribution in [2.45, 2.75) is 51.5 Å². The Balaban J connectivity index is 1.99. The van der Waals surface area contributed by atoms with E-state index in [-0.39, 0.29) is 0 Å². The van der Waals surface area contributed by atoms with Gasteiger partial charge in [-0.15, -0.1) is 0 Å². The summed E-state index contributed by atoms with van der Waals surface area (Å²) in [6, 6.07) is 0. The second kappa shape index (κ2) is 5.48. The SMILES string of the molecule is CCC1CCCC(c2ncc(CNC)[nH]2)C1. The van der Waals surface area contributed by atoms with Crippen molar-refractivity contribution in [3.8, 4) is 0 Å². The van der Waals surface area contributed by atoms with Crippen LogP contribution in [-0.4, -0.2) is 17.0 Å². The van der Waals surface area contributed by atoms with Gasteiger partial charge >= 0.3 is 0 Å². The van der Waals surface area contributed by atoms with Crippen LogP contribution in [-0.2, 0) is 6.54 Å². The first-order valence-corrected chi connectivity index (χ1v) is 6.51. The standard InChI is InChI=1S/C13H23N3/c1-3-10-5-4-6-11(7-10)13-15-9-12(16-13)8-14-2/h9-11,14H,3-8H2,1-2H3,(H,15,16). The molecule has 1 saturated carbocycles. The molecule has 3 nitrogen and oxygen atoms in total. The number of nitrogens with zero attached hydrogens (tertiary/aromatic N) is 1. The normalized spacial score (nSPS) is 25.9. The molecule has 2 unspecified atom stereocenters. The molecule has 1 aromatic rings. The van der Waals surface area contributed by atoms with Gasteiger partial charge in [0, 0.05) is 24.4 Å². The summed E-state index contributed by atoms with van der Waals surface area (Å²) in [6.07, 6.45) is 8.70. The van der Waals surface area contributed by atoms with Crippen molar-refractivity contribution in [3.05, 3.63) is 17.7 Å². The van der Waals surface area contributed by atoms with Crippen LogP contribution >= 0.6 is 0 Å². The van der Waals surface area contributed by atoms with Crippen molar-refractivity contribution in [1.82, 2.24) is 15.3 Å². The summed E-state index contributed by atoms with van der Waals surface area (Å²) in [4.78, 5) is 7.99. The third-order valence-corrected chi connectivity index (χ3v) is 3.76. The summed E-state index contributed by atoms with van der Waals surface area (Å²) in [6.45, 7) is 3.19. The molecule has 0 radical (unpaired) electrons. The van der Waals surface area contributed by atoms with Crippen LogP contribution in [0.25, 0.3) is 0 Å². The van der Waals surface area contributed by atoms with Crippen molar-refractivity contribution in [3.63, 3.8) is 0 Å². The average molecular weight is 221 g/mol. The fourth-order valence-electron chi connectivity index (χ4n) is 2.77. The number of hydrogen-bond donors (Lipinski definition) is 2. The Bertz CT molecular complexity index is 319. The van der Waals surface area contributed by atoms with Crippen LogP contribution < -0.4 is 5.32 Å². The topological polar surface area (TPSA) is 40.7 Å². The van der Waals surface area contributed by atoms with Gasteiger partial charge in [0.25, 0.3) is 0 Å². The van der Waals surface area contributed by atoms with Gasteiger partial charge in [0.1, 0.15) is 5.82 Å². The van der Waals surface area contributed by atoms with Crippen LogP contribution in [0.1, 0.15) is 56.5 Å². The minimum atomic E-state index is 0.671. The summed E-state index contributed by atoms with van der Waals surface area (Å²) in [5.41, 5.74) is 1.20. The number of aromatic amines is 1. The second-order valence-electron chi connectivity index (χ2n) is 4.96. The van der Waals surface area contributed by atoms with Gasteiger partial charge in [0.15, 0.2) is 0 Å². The zero-order valence-electron chi connectivity index (χ0n) is 10.4. The molecule has 0 saturated heterocycles. The molecular weight excluding hydrogens is 198 g/mol. The molecule has 2 N–H and O–H groups in total. The number of nitrogens with one attached hydrogen (secondary N) is 2. The molecular formula is C13H23N3. The van der Waals surface area contributed by atoms with E-state index in [1.807, 2.05) is 13.2 Å². The molecule has 1 fully saturated rings. The monoisotopic (exact) mass is 221 g/mol. The molecule has 0 spiro atoms. The van der Waals surface area contributed by atoms with E-state index < -0.39 is 0 Å². The Morgan fingerprint density at radius 3 is 3.12 bits per heavy atom. The molecule has 16 heavy (non-hydrogen) atoms. The van der Waals surface area contributed by atoms with Crippen LogP contribution in [0.3, 0.4) is 0 Å². The van der Waals surface area contributed by atoms with Crippen LogP contribution in [0.5, 0.6) is 0 Å². The van der Waals surface area contributed by atoms with E-state index in [9.17, 15) is 0 Å². The second-order valence-corrected chi connectivity index (χ2v) is 4.96. The van der Waals surface area contributed by atoms with Crippen molar-refractivity contribution >= 4 is 0 Å². The van der Waals surface area contributed by atoms with Gasteiger partial charge in [-0.1, -0.05) is 26.2 Å². The largest absolute Gasteiger partial charge is 0.345 e. The summed E-state index contributed by atoms with van der Waals surface area (Å²) in [5, 5.41) is 3.15. The number of H-pyrrole nitrogens is 1. The first-order chi connectivity index (χ1) is 7.83. The van der Waals surface area contributed by atoms with E-state index in [2.05, 4.69) is 22.2 Å². The van der Waals surface area contributed by atoms with Gasteiger partial charge in [-0.2, -0.15) is 0 Å². The third kappa shape index (κ3) is 2.64. The molecule has 90 valence electrons. The first kappa shape index (κ1) is 11.6. The van der Waals surface area contributed by atoms with Gasteiger partial charge in [-0.05, 0) is 25.8 Å². The van der Waals surface area contributed by atoms with Gasteiger partial charge < -0.3 is 10.3 Å². The van der Waals surface area contributed by atoms with Crippen molar-refractivity contribution in [2.75, 3.05) is 7.05 Å². The van der Waals surface area contributed by atoms with Crippen molar-refractivity contribution in [2.24, 2.45) is 5.92 Å². The summed E-state index contributed by atoms with van der Waals surface area (Å²) >= 11 is 0. The van der Waals surface area contributed by atoms with Crippen LogP contribution in [0.15, 0.2) is 6.20 Å². The zero-order valence-corrected chi connectivity index (χ0v) is 10.4. The lowest BCUT2D eigenvalue weighted by Gasteiger charge is -2.27. The number of rotatable bonds is 4. The van der Waals surface area contributed by atoms with Gasteiger partial charge in [0.05, 0.1) is 0 Å². The predicted molar refractivity (Wildman–Crippen MR) is 66.3 cm³/mol. The Labute approximate surface area is 98.1 Å². The maximum absolute atomic E-state index is 4.53. The van der Waals surface area contributed by atoms with Gasteiger partial charge in [-0.25, -0.2) is 4.98 Å². The Morgan fingerprint density at radius 1 is 1.50 bits per heavy atom.